The summed E-state index contributed by atoms with van der Waals surface area (Å²) < 4.78 is 0. The van der Waals surface area contributed by atoms with Crippen molar-refractivity contribution in [3.05, 3.63) is 34.9 Å². The van der Waals surface area contributed by atoms with Gasteiger partial charge in [-0.15, -0.1) is 0 Å². The Bertz CT molecular complexity index is 429. The highest BCUT2D eigenvalue weighted by Gasteiger charge is 2.14. The smallest absolute Gasteiger partial charge is 0.304 e. The van der Waals surface area contributed by atoms with E-state index >= 15 is 0 Å². The minimum absolute atomic E-state index is 0.0184. The van der Waals surface area contributed by atoms with E-state index < -0.39 is 5.97 Å². The lowest BCUT2D eigenvalue weighted by Gasteiger charge is -2.18. The van der Waals surface area contributed by atoms with Crippen molar-refractivity contribution < 1.29 is 9.90 Å². The predicted octanol–water partition coefficient (Wildman–Crippen LogP) is 3.47. The van der Waals surface area contributed by atoms with E-state index in [2.05, 4.69) is 44.3 Å². The number of benzene rings is 1. The summed E-state index contributed by atoms with van der Waals surface area (Å²) in [5, 5.41) is 12.4. The van der Waals surface area contributed by atoms with Crippen LogP contribution in [0.1, 0.15) is 49.3 Å². The van der Waals surface area contributed by atoms with Crippen LogP contribution in [0.5, 0.6) is 0 Å². The van der Waals surface area contributed by atoms with Crippen molar-refractivity contribution in [1.82, 2.24) is 5.32 Å². The van der Waals surface area contributed by atoms with Crippen LogP contribution in [0.2, 0.25) is 0 Å². The van der Waals surface area contributed by atoms with E-state index in [9.17, 15) is 4.79 Å². The highest BCUT2D eigenvalue weighted by Crippen LogP contribution is 2.14. The van der Waals surface area contributed by atoms with Gasteiger partial charge in [-0.1, -0.05) is 43.5 Å². The van der Waals surface area contributed by atoms with Gasteiger partial charge in [-0.3, -0.25) is 4.79 Å². The van der Waals surface area contributed by atoms with Gasteiger partial charge in [0.05, 0.1) is 6.42 Å². The molecule has 20 heavy (non-hydrogen) atoms. The molecule has 0 radical (unpaired) electrons. The van der Waals surface area contributed by atoms with E-state index in [1.807, 2.05) is 0 Å². The van der Waals surface area contributed by atoms with Gasteiger partial charge in [0.1, 0.15) is 0 Å². The van der Waals surface area contributed by atoms with Gasteiger partial charge in [0.15, 0.2) is 0 Å². The zero-order valence-corrected chi connectivity index (χ0v) is 12.9. The summed E-state index contributed by atoms with van der Waals surface area (Å²) in [6.07, 6.45) is 4.45. The van der Waals surface area contributed by atoms with Crippen LogP contribution in [0.15, 0.2) is 18.2 Å². The van der Waals surface area contributed by atoms with Crippen molar-refractivity contribution in [2.75, 3.05) is 6.54 Å². The molecule has 3 nitrogen and oxygen atoms in total. The molecule has 0 aliphatic rings. The molecule has 0 bridgehead atoms. The predicted molar refractivity (Wildman–Crippen MR) is 83.2 cm³/mol. The van der Waals surface area contributed by atoms with Gasteiger partial charge in [0.2, 0.25) is 0 Å². The van der Waals surface area contributed by atoms with E-state index in [-0.39, 0.29) is 12.5 Å². The summed E-state index contributed by atoms with van der Waals surface area (Å²) >= 11 is 0. The zero-order valence-electron chi connectivity index (χ0n) is 12.9. The molecule has 0 saturated carbocycles. The summed E-state index contributed by atoms with van der Waals surface area (Å²) in [4.78, 5) is 11.0. The molecule has 0 aliphatic heterocycles. The van der Waals surface area contributed by atoms with Crippen molar-refractivity contribution in [3.63, 3.8) is 0 Å². The van der Waals surface area contributed by atoms with Gasteiger partial charge in [-0.2, -0.15) is 0 Å². The number of hydrogen-bond acceptors (Lipinski definition) is 2. The molecule has 1 unspecified atom stereocenters. The Morgan fingerprint density at radius 2 is 2.05 bits per heavy atom. The maximum absolute atomic E-state index is 11.0. The minimum Gasteiger partial charge on any atom is -0.481 e. The lowest BCUT2D eigenvalue weighted by Crippen LogP contribution is -2.34. The molecule has 1 atom stereocenters. The van der Waals surface area contributed by atoms with Crippen LogP contribution in [0.3, 0.4) is 0 Å². The standard InChI is InChI=1S/C17H27NO2/c1-4-5-6-9-18-16(12-17(19)20)11-15-10-13(2)7-8-14(15)3/h7-8,10,16,18H,4-6,9,11-12H2,1-3H3,(H,19,20). The number of nitrogens with one attached hydrogen (secondary N) is 1. The summed E-state index contributed by atoms with van der Waals surface area (Å²) in [5.74, 6) is -0.733. The van der Waals surface area contributed by atoms with Crippen molar-refractivity contribution in [1.29, 1.82) is 0 Å². The molecular formula is C17H27NO2. The summed E-state index contributed by atoms with van der Waals surface area (Å²) in [5.41, 5.74) is 3.71. The number of carboxylic acid groups (broad SMARTS) is 1. The molecule has 112 valence electrons. The number of carboxylic acids is 1. The molecule has 0 heterocycles. The SMILES string of the molecule is CCCCCNC(CC(=O)O)Cc1cc(C)ccc1C. The molecule has 0 aliphatic carbocycles. The van der Waals surface area contributed by atoms with Crippen LogP contribution in [0.25, 0.3) is 0 Å². The summed E-state index contributed by atoms with van der Waals surface area (Å²) in [7, 11) is 0. The highest BCUT2D eigenvalue weighted by atomic mass is 16.4. The van der Waals surface area contributed by atoms with Crippen molar-refractivity contribution in [2.45, 2.75) is 58.9 Å². The Morgan fingerprint density at radius 1 is 1.30 bits per heavy atom. The minimum atomic E-state index is -0.733. The van der Waals surface area contributed by atoms with E-state index in [0.717, 1.165) is 19.4 Å². The molecule has 0 amide bonds. The number of aryl methyl sites for hydroxylation is 2. The second kappa shape index (κ2) is 8.75. The molecule has 2 N–H and O–H groups in total. The molecule has 1 aromatic rings. The number of hydrogen-bond donors (Lipinski definition) is 2. The average Bonchev–Trinajstić information content (AvgIpc) is 2.38. The van der Waals surface area contributed by atoms with Gasteiger partial charge >= 0.3 is 5.97 Å². The first-order chi connectivity index (χ1) is 9.52. The molecule has 1 aromatic carbocycles. The molecular weight excluding hydrogens is 250 g/mol. The van der Waals surface area contributed by atoms with Crippen LogP contribution in [0, 0.1) is 13.8 Å². The third kappa shape index (κ3) is 6.20. The van der Waals surface area contributed by atoms with Crippen LogP contribution < -0.4 is 5.32 Å². The largest absolute Gasteiger partial charge is 0.481 e. The third-order valence-corrected chi connectivity index (χ3v) is 3.61. The normalized spacial score (nSPS) is 12.3. The fraction of sp³-hybridized carbons (Fsp3) is 0.588. The Labute approximate surface area is 122 Å². The molecule has 0 aromatic heterocycles. The number of aliphatic carboxylic acids is 1. The van der Waals surface area contributed by atoms with Gasteiger partial charge in [-0.05, 0) is 44.4 Å². The molecule has 0 saturated heterocycles. The average molecular weight is 277 g/mol. The Balaban J connectivity index is 2.63. The monoisotopic (exact) mass is 277 g/mol. The maximum atomic E-state index is 11.0. The first-order valence-electron chi connectivity index (χ1n) is 7.54. The number of carbonyl (C=O) groups is 1. The third-order valence-electron chi connectivity index (χ3n) is 3.61. The van der Waals surface area contributed by atoms with Crippen LogP contribution in [-0.4, -0.2) is 23.7 Å². The zero-order chi connectivity index (χ0) is 15.0. The second-order valence-electron chi connectivity index (χ2n) is 5.59. The van der Waals surface area contributed by atoms with Crippen molar-refractivity contribution in [2.24, 2.45) is 0 Å². The quantitative estimate of drug-likeness (QED) is 0.680. The fourth-order valence-corrected chi connectivity index (χ4v) is 2.39. The van der Waals surface area contributed by atoms with Gasteiger partial charge < -0.3 is 10.4 Å². The summed E-state index contributed by atoms with van der Waals surface area (Å²) in [6, 6.07) is 6.39. The molecule has 0 fully saturated rings. The van der Waals surface area contributed by atoms with E-state index in [4.69, 9.17) is 5.11 Å². The number of rotatable bonds is 9. The van der Waals surface area contributed by atoms with Crippen LogP contribution >= 0.6 is 0 Å². The lowest BCUT2D eigenvalue weighted by atomic mass is 9.97. The first-order valence-corrected chi connectivity index (χ1v) is 7.54. The molecule has 1 rings (SSSR count). The number of unbranched alkanes of at least 4 members (excludes halogenated alkanes) is 2. The van der Waals surface area contributed by atoms with Crippen molar-refractivity contribution in [3.8, 4) is 0 Å². The summed E-state index contributed by atoms with van der Waals surface area (Å²) in [6.45, 7) is 7.23. The van der Waals surface area contributed by atoms with E-state index in [1.165, 1.54) is 29.5 Å². The lowest BCUT2D eigenvalue weighted by molar-refractivity contribution is -0.137. The fourth-order valence-electron chi connectivity index (χ4n) is 2.39. The maximum Gasteiger partial charge on any atom is 0.304 e. The molecule has 0 spiro atoms. The highest BCUT2D eigenvalue weighted by molar-refractivity contribution is 5.67. The van der Waals surface area contributed by atoms with Crippen molar-refractivity contribution >= 4 is 5.97 Å². The molecule has 3 heteroatoms. The first kappa shape index (κ1) is 16.7. The van der Waals surface area contributed by atoms with Crippen LogP contribution in [-0.2, 0) is 11.2 Å². The van der Waals surface area contributed by atoms with Gasteiger partial charge in [0.25, 0.3) is 0 Å². The van der Waals surface area contributed by atoms with Gasteiger partial charge in [0, 0.05) is 6.04 Å². The van der Waals surface area contributed by atoms with E-state index in [0.29, 0.717) is 0 Å². The topological polar surface area (TPSA) is 49.3 Å². The van der Waals surface area contributed by atoms with Crippen LogP contribution in [0.4, 0.5) is 0 Å². The Morgan fingerprint density at radius 3 is 2.70 bits per heavy atom. The van der Waals surface area contributed by atoms with E-state index in [1.54, 1.807) is 0 Å². The second-order valence-corrected chi connectivity index (χ2v) is 5.59. The van der Waals surface area contributed by atoms with Gasteiger partial charge in [-0.25, -0.2) is 0 Å². The Hall–Kier alpha value is -1.35. The Kier molecular flexibility index (Phi) is 7.31.